The Balaban J connectivity index is 0.00000300. The van der Waals surface area contributed by atoms with Crippen molar-refractivity contribution < 1.29 is 9.47 Å². The molecule has 0 saturated carbocycles. The number of hydrogen-bond donors (Lipinski definition) is 3. The molecule has 2 aromatic rings. The van der Waals surface area contributed by atoms with Gasteiger partial charge in [-0.25, -0.2) is 0 Å². The fourth-order valence-electron chi connectivity index (χ4n) is 3.65. The van der Waals surface area contributed by atoms with Crippen LogP contribution in [-0.4, -0.2) is 56.5 Å². The molecule has 3 N–H and O–H groups in total. The van der Waals surface area contributed by atoms with Crippen LogP contribution in [0.1, 0.15) is 37.3 Å². The number of nitrogens with zero attached hydrogens (tertiary/aromatic N) is 1. The second-order valence-corrected chi connectivity index (χ2v) is 7.31. The maximum absolute atomic E-state index is 5.70. The monoisotopic (exact) mass is 514 g/mol. The molecule has 1 fully saturated rings. The number of aromatic amines is 1. The average molecular weight is 514 g/mol. The van der Waals surface area contributed by atoms with Gasteiger partial charge >= 0.3 is 0 Å². The summed E-state index contributed by atoms with van der Waals surface area (Å²) in [4.78, 5) is 8.03. The van der Waals surface area contributed by atoms with Gasteiger partial charge in [0.25, 0.3) is 0 Å². The van der Waals surface area contributed by atoms with E-state index in [2.05, 4.69) is 58.9 Å². The summed E-state index contributed by atoms with van der Waals surface area (Å²) in [5, 5.41) is 8.10. The van der Waals surface area contributed by atoms with Gasteiger partial charge in [-0.15, -0.1) is 24.0 Å². The summed E-state index contributed by atoms with van der Waals surface area (Å²) in [6, 6.07) is 6.39. The Kier molecular flexibility index (Phi) is 10.8. The van der Waals surface area contributed by atoms with Crippen LogP contribution in [0.15, 0.2) is 29.4 Å². The first-order valence-corrected chi connectivity index (χ1v) is 10.5. The van der Waals surface area contributed by atoms with Crippen molar-refractivity contribution in [1.29, 1.82) is 0 Å². The number of hydrogen-bond acceptors (Lipinski definition) is 3. The molecule has 0 amide bonds. The fourth-order valence-corrected chi connectivity index (χ4v) is 3.65. The van der Waals surface area contributed by atoms with Crippen molar-refractivity contribution in [2.24, 2.45) is 4.99 Å². The SMILES string of the molecule is CCNC(=NCCCOCC1CCCO1)NCCc1c[nH]c2cccc(C)c12.I. The highest BCUT2D eigenvalue weighted by molar-refractivity contribution is 14.0. The van der Waals surface area contributed by atoms with Crippen molar-refractivity contribution in [3.63, 3.8) is 0 Å². The molecule has 6 nitrogen and oxygen atoms in total. The number of aryl methyl sites for hydroxylation is 1. The highest BCUT2D eigenvalue weighted by Gasteiger charge is 2.14. The summed E-state index contributed by atoms with van der Waals surface area (Å²) in [6.07, 6.45) is 6.59. The van der Waals surface area contributed by atoms with E-state index in [9.17, 15) is 0 Å². The normalized spacial score (nSPS) is 16.8. The summed E-state index contributed by atoms with van der Waals surface area (Å²) < 4.78 is 11.3. The molecule has 1 atom stereocenters. The van der Waals surface area contributed by atoms with E-state index in [0.717, 1.165) is 64.5 Å². The third-order valence-electron chi connectivity index (χ3n) is 5.07. The van der Waals surface area contributed by atoms with Crippen LogP contribution in [0.2, 0.25) is 0 Å². The van der Waals surface area contributed by atoms with Crippen molar-refractivity contribution >= 4 is 40.8 Å². The first kappa shape index (κ1) is 24.0. The van der Waals surface area contributed by atoms with E-state index in [-0.39, 0.29) is 24.0 Å². The van der Waals surface area contributed by atoms with Crippen LogP contribution in [0.25, 0.3) is 10.9 Å². The highest BCUT2D eigenvalue weighted by Crippen LogP contribution is 2.22. The predicted molar refractivity (Wildman–Crippen MR) is 131 cm³/mol. The summed E-state index contributed by atoms with van der Waals surface area (Å²) in [7, 11) is 0. The zero-order valence-corrected chi connectivity index (χ0v) is 20.0. The minimum atomic E-state index is 0. The van der Waals surface area contributed by atoms with Crippen LogP contribution in [-0.2, 0) is 15.9 Å². The van der Waals surface area contributed by atoms with Gasteiger partial charge in [0.05, 0.1) is 12.7 Å². The summed E-state index contributed by atoms with van der Waals surface area (Å²) in [5.41, 5.74) is 3.87. The zero-order valence-electron chi connectivity index (χ0n) is 17.6. The van der Waals surface area contributed by atoms with E-state index >= 15 is 0 Å². The molecule has 0 spiro atoms. The lowest BCUT2D eigenvalue weighted by Crippen LogP contribution is -2.38. The number of ether oxygens (including phenoxy) is 2. The molecule has 1 aliphatic rings. The largest absolute Gasteiger partial charge is 0.379 e. The second kappa shape index (κ2) is 13.1. The lowest BCUT2D eigenvalue weighted by molar-refractivity contribution is 0.0171. The van der Waals surface area contributed by atoms with E-state index in [1.165, 1.54) is 22.0 Å². The molecular weight excluding hydrogens is 479 g/mol. The molecule has 162 valence electrons. The summed E-state index contributed by atoms with van der Waals surface area (Å²) >= 11 is 0. The number of halogens is 1. The Labute approximate surface area is 191 Å². The molecule has 7 heteroatoms. The Morgan fingerprint density at radius 3 is 3.03 bits per heavy atom. The molecule has 0 bridgehead atoms. The first-order valence-electron chi connectivity index (χ1n) is 10.5. The number of guanidine groups is 1. The molecule has 1 aromatic heterocycles. The van der Waals surface area contributed by atoms with Gasteiger partial charge in [0.1, 0.15) is 0 Å². The predicted octanol–water partition coefficient (Wildman–Crippen LogP) is 3.78. The second-order valence-electron chi connectivity index (χ2n) is 7.31. The maximum atomic E-state index is 5.70. The number of H-pyrrole nitrogens is 1. The van der Waals surface area contributed by atoms with E-state index in [1.54, 1.807) is 0 Å². The van der Waals surface area contributed by atoms with E-state index in [0.29, 0.717) is 12.7 Å². The van der Waals surface area contributed by atoms with E-state index < -0.39 is 0 Å². The maximum Gasteiger partial charge on any atom is 0.191 e. The van der Waals surface area contributed by atoms with Gasteiger partial charge in [-0.1, -0.05) is 12.1 Å². The Morgan fingerprint density at radius 1 is 1.34 bits per heavy atom. The molecule has 29 heavy (non-hydrogen) atoms. The lowest BCUT2D eigenvalue weighted by Gasteiger charge is -2.12. The number of fused-ring (bicyclic) bond motifs is 1. The van der Waals surface area contributed by atoms with Gasteiger partial charge in [0.2, 0.25) is 0 Å². The lowest BCUT2D eigenvalue weighted by atomic mass is 10.1. The number of aromatic nitrogens is 1. The molecule has 1 unspecified atom stereocenters. The molecule has 1 saturated heterocycles. The topological polar surface area (TPSA) is 70.7 Å². The average Bonchev–Trinajstić information content (AvgIpc) is 3.35. The molecule has 0 radical (unpaired) electrons. The summed E-state index contributed by atoms with van der Waals surface area (Å²) in [6.45, 7) is 9.05. The van der Waals surface area contributed by atoms with Crippen LogP contribution in [0.5, 0.6) is 0 Å². The van der Waals surface area contributed by atoms with E-state index in [4.69, 9.17) is 9.47 Å². The third-order valence-corrected chi connectivity index (χ3v) is 5.07. The highest BCUT2D eigenvalue weighted by atomic mass is 127. The molecular formula is C22H35IN4O2. The minimum absolute atomic E-state index is 0. The number of aliphatic imine (C=N–C) groups is 1. The van der Waals surface area contributed by atoms with Gasteiger partial charge in [0.15, 0.2) is 5.96 Å². The smallest absolute Gasteiger partial charge is 0.191 e. The van der Waals surface area contributed by atoms with Gasteiger partial charge in [0, 0.05) is 49.9 Å². The van der Waals surface area contributed by atoms with Crippen molar-refractivity contribution in [3.05, 3.63) is 35.5 Å². The molecule has 1 aromatic carbocycles. The van der Waals surface area contributed by atoms with Crippen molar-refractivity contribution in [2.75, 3.05) is 39.5 Å². The number of rotatable bonds is 10. The van der Waals surface area contributed by atoms with Crippen LogP contribution < -0.4 is 10.6 Å². The Hall–Kier alpha value is -1.32. The van der Waals surface area contributed by atoms with Crippen LogP contribution in [0.3, 0.4) is 0 Å². The quantitative estimate of drug-likeness (QED) is 0.195. The van der Waals surface area contributed by atoms with Gasteiger partial charge in [-0.05, 0) is 56.7 Å². The van der Waals surface area contributed by atoms with Crippen molar-refractivity contribution in [3.8, 4) is 0 Å². The summed E-state index contributed by atoms with van der Waals surface area (Å²) in [5.74, 6) is 0.873. The van der Waals surface area contributed by atoms with Gasteiger partial charge in [-0.2, -0.15) is 0 Å². The van der Waals surface area contributed by atoms with Crippen molar-refractivity contribution in [1.82, 2.24) is 15.6 Å². The zero-order chi connectivity index (χ0) is 19.6. The standard InChI is InChI=1S/C22H34N4O2.HI/c1-3-23-22(24-11-6-13-27-16-19-8-5-14-28-19)25-12-10-18-15-26-20-9-4-7-17(2)21(18)20;/h4,7,9,15,19,26H,3,5-6,8,10-14,16H2,1-2H3,(H2,23,24,25);1H. The Bertz CT molecular complexity index is 756. The van der Waals surface area contributed by atoms with Crippen LogP contribution in [0.4, 0.5) is 0 Å². The fraction of sp³-hybridized carbons (Fsp3) is 0.591. The third kappa shape index (κ3) is 7.46. The Morgan fingerprint density at radius 2 is 2.24 bits per heavy atom. The molecule has 2 heterocycles. The molecule has 1 aliphatic heterocycles. The van der Waals surface area contributed by atoms with E-state index in [1.807, 2.05) is 0 Å². The van der Waals surface area contributed by atoms with Crippen LogP contribution in [0, 0.1) is 6.92 Å². The number of nitrogens with one attached hydrogen (secondary N) is 3. The van der Waals surface area contributed by atoms with Crippen molar-refractivity contribution in [2.45, 2.75) is 45.6 Å². The first-order chi connectivity index (χ1) is 13.8. The number of benzene rings is 1. The molecule has 3 rings (SSSR count). The van der Waals surface area contributed by atoms with Gasteiger partial charge < -0.3 is 25.1 Å². The van der Waals surface area contributed by atoms with Gasteiger partial charge in [-0.3, -0.25) is 4.99 Å². The molecule has 0 aliphatic carbocycles. The van der Waals surface area contributed by atoms with Crippen LogP contribution >= 0.6 is 24.0 Å². The minimum Gasteiger partial charge on any atom is -0.379 e.